The lowest BCUT2D eigenvalue weighted by Crippen LogP contribution is -1.94. The van der Waals surface area contributed by atoms with E-state index in [-0.39, 0.29) is 0 Å². The summed E-state index contributed by atoms with van der Waals surface area (Å²) in [7, 11) is 1.57. The van der Waals surface area contributed by atoms with Gasteiger partial charge in [0, 0.05) is 10.8 Å². The molecule has 2 aromatic rings. The average molecular weight is 209 g/mol. The lowest BCUT2D eigenvalue weighted by molar-refractivity contribution is 0.403. The van der Waals surface area contributed by atoms with Gasteiger partial charge in [-0.25, -0.2) is 4.98 Å². The number of pyridine rings is 1. The standard InChI is InChI=1S/C10H9ClN2O/c1-14-10-6-3-2-4-7(11)9(6)8(12)5-13-10/h2-5H,12H2,1H3. The minimum Gasteiger partial charge on any atom is -0.481 e. The van der Waals surface area contributed by atoms with Crippen LogP contribution in [0.25, 0.3) is 10.8 Å². The van der Waals surface area contributed by atoms with E-state index in [1.807, 2.05) is 12.1 Å². The van der Waals surface area contributed by atoms with E-state index in [4.69, 9.17) is 22.1 Å². The number of ether oxygens (including phenoxy) is 1. The summed E-state index contributed by atoms with van der Waals surface area (Å²) in [5, 5.41) is 2.24. The topological polar surface area (TPSA) is 48.1 Å². The van der Waals surface area contributed by atoms with Crippen LogP contribution in [0.5, 0.6) is 5.88 Å². The number of hydrogen-bond donors (Lipinski definition) is 1. The summed E-state index contributed by atoms with van der Waals surface area (Å²) in [6.07, 6.45) is 1.55. The second kappa shape index (κ2) is 3.35. The molecule has 0 fully saturated rings. The molecule has 2 N–H and O–H groups in total. The van der Waals surface area contributed by atoms with Gasteiger partial charge in [-0.2, -0.15) is 0 Å². The molecule has 72 valence electrons. The van der Waals surface area contributed by atoms with Crippen LogP contribution in [0.1, 0.15) is 0 Å². The fourth-order valence-corrected chi connectivity index (χ4v) is 1.70. The molecule has 0 aliphatic heterocycles. The van der Waals surface area contributed by atoms with Gasteiger partial charge < -0.3 is 10.5 Å². The van der Waals surface area contributed by atoms with Gasteiger partial charge in [0.1, 0.15) is 0 Å². The highest BCUT2D eigenvalue weighted by Gasteiger charge is 2.08. The predicted octanol–water partition coefficient (Wildman–Crippen LogP) is 2.48. The zero-order chi connectivity index (χ0) is 10.1. The van der Waals surface area contributed by atoms with Crippen LogP contribution in [-0.2, 0) is 0 Å². The van der Waals surface area contributed by atoms with Crippen LogP contribution in [-0.4, -0.2) is 12.1 Å². The lowest BCUT2D eigenvalue weighted by Gasteiger charge is -2.07. The van der Waals surface area contributed by atoms with Crippen molar-refractivity contribution in [3.05, 3.63) is 29.4 Å². The third-order valence-corrected chi connectivity index (χ3v) is 2.36. The van der Waals surface area contributed by atoms with Crippen molar-refractivity contribution in [2.75, 3.05) is 12.8 Å². The Labute approximate surface area is 86.5 Å². The van der Waals surface area contributed by atoms with Gasteiger partial charge in [0.25, 0.3) is 0 Å². The molecule has 0 atom stereocenters. The van der Waals surface area contributed by atoms with E-state index in [9.17, 15) is 0 Å². The van der Waals surface area contributed by atoms with Gasteiger partial charge in [-0.05, 0) is 12.1 Å². The van der Waals surface area contributed by atoms with Crippen LogP contribution in [0.15, 0.2) is 24.4 Å². The van der Waals surface area contributed by atoms with Gasteiger partial charge in [-0.15, -0.1) is 0 Å². The molecule has 3 nitrogen and oxygen atoms in total. The van der Waals surface area contributed by atoms with Crippen LogP contribution < -0.4 is 10.5 Å². The Hall–Kier alpha value is -1.48. The van der Waals surface area contributed by atoms with Crippen LogP contribution >= 0.6 is 11.6 Å². The molecular weight excluding hydrogens is 200 g/mol. The number of nitrogens with zero attached hydrogens (tertiary/aromatic N) is 1. The Morgan fingerprint density at radius 2 is 2.21 bits per heavy atom. The maximum Gasteiger partial charge on any atom is 0.221 e. The fourth-order valence-electron chi connectivity index (χ4n) is 1.42. The number of aromatic nitrogens is 1. The summed E-state index contributed by atoms with van der Waals surface area (Å²) >= 11 is 6.03. The number of rotatable bonds is 1. The van der Waals surface area contributed by atoms with Gasteiger partial charge >= 0.3 is 0 Å². The summed E-state index contributed by atoms with van der Waals surface area (Å²) in [5.41, 5.74) is 6.34. The minimum atomic E-state index is 0.539. The number of anilines is 1. The number of nitrogen functional groups attached to an aromatic ring is 1. The highest BCUT2D eigenvalue weighted by molar-refractivity contribution is 6.36. The number of hydrogen-bond acceptors (Lipinski definition) is 3. The zero-order valence-electron chi connectivity index (χ0n) is 7.62. The molecule has 0 aliphatic rings. The van der Waals surface area contributed by atoms with Crippen molar-refractivity contribution in [3.8, 4) is 5.88 Å². The molecule has 1 aromatic carbocycles. The average Bonchev–Trinajstić information content (AvgIpc) is 2.18. The minimum absolute atomic E-state index is 0.539. The summed E-state index contributed by atoms with van der Waals surface area (Å²) < 4.78 is 5.11. The Morgan fingerprint density at radius 3 is 2.93 bits per heavy atom. The lowest BCUT2D eigenvalue weighted by atomic mass is 10.1. The molecule has 2 rings (SSSR count). The van der Waals surface area contributed by atoms with Crippen molar-refractivity contribution in [2.24, 2.45) is 0 Å². The first kappa shape index (κ1) is 9.09. The number of fused-ring (bicyclic) bond motifs is 1. The first-order valence-electron chi connectivity index (χ1n) is 4.10. The summed E-state index contributed by atoms with van der Waals surface area (Å²) in [4.78, 5) is 4.06. The highest BCUT2D eigenvalue weighted by atomic mass is 35.5. The molecule has 1 heterocycles. The van der Waals surface area contributed by atoms with Crippen LogP contribution in [0.3, 0.4) is 0 Å². The number of nitrogens with two attached hydrogens (primary N) is 1. The van der Waals surface area contributed by atoms with Crippen molar-refractivity contribution in [3.63, 3.8) is 0 Å². The summed E-state index contributed by atoms with van der Waals surface area (Å²) in [6.45, 7) is 0. The molecule has 0 saturated heterocycles. The fraction of sp³-hybridized carbons (Fsp3) is 0.100. The molecule has 0 aliphatic carbocycles. The smallest absolute Gasteiger partial charge is 0.221 e. The highest BCUT2D eigenvalue weighted by Crippen LogP contribution is 2.32. The second-order valence-electron chi connectivity index (χ2n) is 2.89. The van der Waals surface area contributed by atoms with Crippen molar-refractivity contribution in [1.29, 1.82) is 0 Å². The molecule has 0 amide bonds. The van der Waals surface area contributed by atoms with Crippen molar-refractivity contribution in [2.45, 2.75) is 0 Å². The number of halogens is 1. The van der Waals surface area contributed by atoms with E-state index < -0.39 is 0 Å². The van der Waals surface area contributed by atoms with Gasteiger partial charge in [-0.3, -0.25) is 0 Å². The first-order chi connectivity index (χ1) is 6.74. The van der Waals surface area contributed by atoms with Crippen molar-refractivity contribution in [1.82, 2.24) is 4.98 Å². The van der Waals surface area contributed by atoms with Crippen LogP contribution in [0.2, 0.25) is 5.02 Å². The van der Waals surface area contributed by atoms with Crippen LogP contribution in [0, 0.1) is 0 Å². The Kier molecular flexibility index (Phi) is 2.17. The van der Waals surface area contributed by atoms with E-state index >= 15 is 0 Å². The normalized spacial score (nSPS) is 10.4. The second-order valence-corrected chi connectivity index (χ2v) is 3.29. The summed E-state index contributed by atoms with van der Waals surface area (Å²) in [6, 6.07) is 5.51. The van der Waals surface area contributed by atoms with Gasteiger partial charge in [-0.1, -0.05) is 17.7 Å². The monoisotopic (exact) mass is 208 g/mol. The molecular formula is C10H9ClN2O. The molecule has 14 heavy (non-hydrogen) atoms. The Morgan fingerprint density at radius 1 is 1.43 bits per heavy atom. The van der Waals surface area contributed by atoms with Gasteiger partial charge in [0.2, 0.25) is 5.88 Å². The molecule has 0 saturated carbocycles. The zero-order valence-corrected chi connectivity index (χ0v) is 8.38. The SMILES string of the molecule is COc1ncc(N)c2c(Cl)cccc12. The van der Waals surface area contributed by atoms with Crippen molar-refractivity contribution < 1.29 is 4.74 Å². The van der Waals surface area contributed by atoms with E-state index in [0.717, 1.165) is 10.8 Å². The Balaban J connectivity index is 2.91. The number of benzene rings is 1. The number of methoxy groups -OCH3 is 1. The largest absolute Gasteiger partial charge is 0.481 e. The third-order valence-electron chi connectivity index (χ3n) is 2.05. The van der Waals surface area contributed by atoms with Gasteiger partial charge in [0.15, 0.2) is 0 Å². The molecule has 4 heteroatoms. The third kappa shape index (κ3) is 1.26. The van der Waals surface area contributed by atoms with E-state index in [2.05, 4.69) is 4.98 Å². The quantitative estimate of drug-likeness (QED) is 0.783. The van der Waals surface area contributed by atoms with E-state index in [1.165, 1.54) is 0 Å². The maximum atomic E-state index is 6.03. The van der Waals surface area contributed by atoms with Gasteiger partial charge in [0.05, 0.1) is 24.0 Å². The first-order valence-corrected chi connectivity index (χ1v) is 4.48. The molecule has 0 bridgehead atoms. The van der Waals surface area contributed by atoms with Crippen LogP contribution in [0.4, 0.5) is 5.69 Å². The Bertz CT molecular complexity index is 477. The maximum absolute atomic E-state index is 6.03. The summed E-state index contributed by atoms with van der Waals surface area (Å²) in [5.74, 6) is 0.539. The molecule has 1 aromatic heterocycles. The molecule has 0 spiro atoms. The van der Waals surface area contributed by atoms with E-state index in [1.54, 1.807) is 19.4 Å². The molecule has 0 unspecified atom stereocenters. The van der Waals surface area contributed by atoms with Crippen molar-refractivity contribution >= 4 is 28.1 Å². The molecule has 0 radical (unpaired) electrons. The predicted molar refractivity (Wildman–Crippen MR) is 57.7 cm³/mol. The van der Waals surface area contributed by atoms with E-state index in [0.29, 0.717) is 16.6 Å².